The second-order valence-corrected chi connectivity index (χ2v) is 34.3. The molecule has 8 aromatic carbocycles. The first-order chi connectivity index (χ1) is 63.5. The van der Waals surface area contributed by atoms with Gasteiger partial charge in [-0.1, -0.05) is 208 Å². The van der Waals surface area contributed by atoms with Crippen molar-refractivity contribution < 1.29 is 270 Å². The number of fused-ring (bicyclic) bond motifs is 4. The number of ether oxygens (including phenoxy) is 7. The Labute approximate surface area is 967 Å². The number of imide groups is 1. The van der Waals surface area contributed by atoms with E-state index in [1.54, 1.807) is 81.4 Å². The summed E-state index contributed by atoms with van der Waals surface area (Å²) < 4.78 is 36.7. The Morgan fingerprint density at radius 3 is 0.956 bits per heavy atom. The van der Waals surface area contributed by atoms with E-state index in [0.29, 0.717) is 89.0 Å². The maximum atomic E-state index is 12.9. The van der Waals surface area contributed by atoms with Crippen molar-refractivity contribution in [1.29, 1.82) is 0 Å². The fourth-order valence-corrected chi connectivity index (χ4v) is 15.9. The zero-order chi connectivity index (χ0) is 97.6. The minimum absolute atomic E-state index is 0. The zero-order valence-corrected chi connectivity index (χ0v) is 94.5. The first kappa shape index (κ1) is 124. The number of rotatable bonds is 30. The Morgan fingerprint density at radius 2 is 0.701 bits per heavy atom. The van der Waals surface area contributed by atoms with Crippen molar-refractivity contribution in [3.05, 3.63) is 259 Å². The standard InChI is InChI=1S/2C22H23BrN2O5.C21H19BrN2O4.C14H16N2O5.C8H8Br2.C4H8O.C4H10O.CH2O3.CH4.3K/c2*1-29-20(26)10-9-18(21(24)27)25-12-17-16(22(25)28)3-2-4-19(17)30-13-15-7-5-14(11-23)6-8-15;22-10-13-4-6-14(7-5-13)12-28-18-3-1-2-15-16(18)11-24(21(15)27)17-8-9-19(25)23-20(17)26;1-21-12(18)6-5-10(13(15)19)16-7-9-8(14(16)20)3-2-4-11(9)17;9-5-7-1-2-8(6-10)4-3-7;1-2-4-5-3-1;1-4(2,3)5;2-1(3)4;;;;/h2*2-8,18H,9-13H2,1H3,(H2,24,27);1-7,17H,8-12H2,(H,23,25,26);2-4,10,17H,5-7H2,1H3,(H2,15,19);1-4H,5-6H2;1-4H2;5H,1-3H3;(H2,2,3,4);1H4;;;/q;;;;;;;;;3*+1/p-2. The molecule has 6 heterocycles. The second kappa shape index (κ2) is 64.0. The summed E-state index contributed by atoms with van der Waals surface area (Å²) in [6.45, 7) is 9.13. The number of aliphatic hydroxyl groups is 1. The van der Waals surface area contributed by atoms with Crippen molar-refractivity contribution in [2.75, 3.05) is 34.5 Å². The van der Waals surface area contributed by atoms with Crippen LogP contribution in [0.15, 0.2) is 170 Å². The number of primary amides is 3. The number of nitrogens with zero attached hydrogens (tertiary/aromatic N) is 4. The monoisotopic (exact) mass is 2280 g/mol. The van der Waals surface area contributed by atoms with E-state index in [9.17, 15) is 62.6 Å². The smallest absolute Gasteiger partial charge is 0.652 e. The van der Waals surface area contributed by atoms with Crippen LogP contribution in [0, 0.1) is 0 Å². The van der Waals surface area contributed by atoms with Crippen LogP contribution in [-0.4, -0.2) is 171 Å². The number of carbonyl (C=O) groups is 13. The molecule has 0 aromatic heterocycles. The van der Waals surface area contributed by atoms with Gasteiger partial charge in [-0.05, 0) is 158 Å². The van der Waals surface area contributed by atoms with Crippen molar-refractivity contribution in [1.82, 2.24) is 24.9 Å². The molecule has 4 unspecified atom stereocenters. The van der Waals surface area contributed by atoms with Crippen LogP contribution in [0.3, 0.4) is 0 Å². The molecule has 9 amide bonds. The number of hydrogen-bond acceptors (Lipinski definition) is 24. The van der Waals surface area contributed by atoms with E-state index in [4.69, 9.17) is 56.3 Å². The van der Waals surface area contributed by atoms with Crippen molar-refractivity contribution in [3.63, 3.8) is 0 Å². The molecule has 2 saturated heterocycles. The van der Waals surface area contributed by atoms with Crippen LogP contribution >= 0.6 is 79.6 Å². The number of methoxy groups -OCH3 is 3. The van der Waals surface area contributed by atoms with Crippen molar-refractivity contribution in [2.45, 2.75) is 195 Å². The molecular formula is C97H111Br5K3N8O24+. The molecule has 40 heteroatoms. The number of alkyl halides is 5. The van der Waals surface area contributed by atoms with Gasteiger partial charge in [0.15, 0.2) is 0 Å². The molecule has 9 N–H and O–H groups in total. The molecular weight excluding hydrogens is 2180 g/mol. The van der Waals surface area contributed by atoms with E-state index in [-0.39, 0.29) is 261 Å². The second-order valence-electron chi connectivity index (χ2n) is 31.5. The van der Waals surface area contributed by atoms with Gasteiger partial charge >= 0.3 is 172 Å². The summed E-state index contributed by atoms with van der Waals surface area (Å²) in [5, 5.41) is 41.5. The van der Waals surface area contributed by atoms with Gasteiger partial charge in [0.25, 0.3) is 23.6 Å². The molecule has 6 aliphatic heterocycles. The summed E-state index contributed by atoms with van der Waals surface area (Å²) in [7, 11) is 3.79. The number of benzene rings is 8. The molecule has 720 valence electrons. The number of hydrogen-bond donors (Lipinski definition) is 6. The molecule has 4 atom stereocenters. The third-order valence-corrected chi connectivity index (χ3v) is 24.2. The van der Waals surface area contributed by atoms with E-state index < -0.39 is 77.5 Å². The molecule has 0 spiro atoms. The number of halogens is 5. The number of aromatic hydroxyl groups is 1. The van der Waals surface area contributed by atoms with Crippen LogP contribution in [0.2, 0.25) is 0 Å². The van der Waals surface area contributed by atoms with Gasteiger partial charge in [-0.2, -0.15) is 0 Å². The first-order valence-corrected chi connectivity index (χ1v) is 47.6. The SMILES string of the molecule is BrCc1ccc(CBr)cc1.C.C1CCOC1.CC(C)(C)O.COC(=O)CCC(C(N)=O)N1Cc2c(O)cccc2C1=O.COC(=O)CCC(C(N)=O)N1Cc2c(OCc3ccc(CBr)cc3)cccc2C1=O.COC(=O)CCC(C(N)=O)N1Cc2c(OCc3ccc(CBr)cc3)cccc2C1=O.O=C([O-])[O-].O=C1CCC(N2Cc3c(OCc4ccc(CBr)cc4)cccc3C2=O)C(=O)N1.[K+].[K+].[K+]. The van der Waals surface area contributed by atoms with Crippen molar-refractivity contribution in [2.24, 2.45) is 17.2 Å². The van der Waals surface area contributed by atoms with E-state index in [0.717, 1.165) is 62.1 Å². The molecule has 137 heavy (non-hydrogen) atoms. The number of phenolic OH excluding ortho intramolecular Hbond substituents is 1. The summed E-state index contributed by atoms with van der Waals surface area (Å²) in [6, 6.07) is 49.9. The minimum atomic E-state index is -2.33. The van der Waals surface area contributed by atoms with Crippen molar-refractivity contribution >= 4 is 157 Å². The predicted molar refractivity (Wildman–Crippen MR) is 512 cm³/mol. The molecule has 32 nitrogen and oxygen atoms in total. The Balaban J connectivity index is 0.000000431. The van der Waals surface area contributed by atoms with E-state index in [1.807, 2.05) is 78.9 Å². The topological polar surface area (TPSA) is 476 Å². The Morgan fingerprint density at radius 1 is 0.438 bits per heavy atom. The number of nitrogens with one attached hydrogen (secondary N) is 1. The number of amides is 9. The number of carboxylic acid groups (broad SMARTS) is 2. The fraction of sp³-hybridized carbons (Fsp3) is 0.371. The molecule has 14 rings (SSSR count). The maximum Gasteiger partial charge on any atom is 1.00 e. The zero-order valence-electron chi connectivity index (χ0n) is 77.2. The minimum Gasteiger partial charge on any atom is -0.652 e. The Hall–Kier alpha value is -6.70. The largest absolute Gasteiger partial charge is 1.00 e. The third kappa shape index (κ3) is 39.9. The van der Waals surface area contributed by atoms with Gasteiger partial charge in [0.05, 0.1) is 53.1 Å². The van der Waals surface area contributed by atoms with E-state index in [2.05, 4.69) is 123 Å². The fourth-order valence-electron chi connectivity index (χ4n) is 14.0. The number of piperidine rings is 1. The van der Waals surface area contributed by atoms with Crippen LogP contribution in [0.4, 0.5) is 4.79 Å². The number of phenols is 1. The summed E-state index contributed by atoms with van der Waals surface area (Å²) in [5.74, 6) is -3.47. The van der Waals surface area contributed by atoms with Gasteiger partial charge in [0, 0.05) is 110 Å². The molecule has 2 fully saturated rings. The quantitative estimate of drug-likeness (QED) is 0.0124. The summed E-state index contributed by atoms with van der Waals surface area (Å²) in [4.78, 5) is 158. The van der Waals surface area contributed by atoms with Crippen LogP contribution in [0.1, 0.15) is 201 Å². The number of nitrogens with two attached hydrogens (primary N) is 3. The van der Waals surface area contributed by atoms with Crippen LogP contribution in [-0.2, 0) is 130 Å². The summed E-state index contributed by atoms with van der Waals surface area (Å²) in [6.07, 6.45) is 1.09. The van der Waals surface area contributed by atoms with Crippen molar-refractivity contribution in [3.8, 4) is 23.0 Å². The first-order valence-electron chi connectivity index (χ1n) is 42.0. The summed E-state index contributed by atoms with van der Waals surface area (Å²) >= 11 is 17.1. The number of esters is 3. The normalized spacial score (nSPS) is 14.3. The predicted octanol–water partition coefficient (Wildman–Crippen LogP) is 3.17. The van der Waals surface area contributed by atoms with Gasteiger partial charge in [-0.3, -0.25) is 62.9 Å². The van der Waals surface area contributed by atoms with Crippen LogP contribution in [0.25, 0.3) is 0 Å². The Kier molecular flexibility index (Phi) is 58.2. The Bertz CT molecular complexity index is 5160. The average molecular weight is 2290 g/mol. The molecule has 8 aromatic rings. The number of carbonyl (C=O) groups excluding carboxylic acids is 13. The van der Waals surface area contributed by atoms with Gasteiger partial charge in [0.1, 0.15) is 67.0 Å². The van der Waals surface area contributed by atoms with Gasteiger partial charge < -0.3 is 95.2 Å². The van der Waals surface area contributed by atoms with Gasteiger partial charge in [0.2, 0.25) is 29.5 Å². The van der Waals surface area contributed by atoms with E-state index >= 15 is 0 Å². The molecule has 6 aliphatic rings. The molecule has 0 bridgehead atoms. The molecule has 0 saturated carbocycles. The molecule has 0 aliphatic carbocycles. The average Bonchev–Trinajstić information content (AvgIpc) is 1.62. The van der Waals surface area contributed by atoms with Crippen LogP contribution in [0.5, 0.6) is 23.0 Å². The molecule has 0 radical (unpaired) electrons. The van der Waals surface area contributed by atoms with Crippen LogP contribution < -0.4 is 201 Å². The van der Waals surface area contributed by atoms with Gasteiger partial charge in [-0.15, -0.1) is 0 Å². The van der Waals surface area contributed by atoms with E-state index in [1.165, 1.54) is 87.7 Å². The summed E-state index contributed by atoms with van der Waals surface area (Å²) in [5.41, 5.74) is 29.6. The van der Waals surface area contributed by atoms with Gasteiger partial charge in [-0.25, -0.2) is 0 Å². The maximum absolute atomic E-state index is 12.9. The third-order valence-electron chi connectivity index (χ3n) is 21.0.